The van der Waals surface area contributed by atoms with Crippen molar-refractivity contribution in [3.05, 3.63) is 28.8 Å². The molecule has 0 unspecified atom stereocenters. The van der Waals surface area contributed by atoms with Crippen molar-refractivity contribution in [2.45, 2.75) is 39.3 Å². The summed E-state index contributed by atoms with van der Waals surface area (Å²) in [7, 11) is 0. The highest BCUT2D eigenvalue weighted by molar-refractivity contribution is 6.34. The molecule has 1 aliphatic rings. The van der Waals surface area contributed by atoms with Gasteiger partial charge < -0.3 is 20.9 Å². The van der Waals surface area contributed by atoms with Crippen LogP contribution in [0.3, 0.4) is 0 Å². The summed E-state index contributed by atoms with van der Waals surface area (Å²) in [4.78, 5) is 26.6. The van der Waals surface area contributed by atoms with Crippen LogP contribution in [0.5, 0.6) is 0 Å². The molecule has 0 saturated carbocycles. The van der Waals surface area contributed by atoms with Crippen LogP contribution in [-0.4, -0.2) is 48.1 Å². The number of piperazine rings is 1. The third-order valence-corrected chi connectivity index (χ3v) is 4.03. The van der Waals surface area contributed by atoms with Gasteiger partial charge in [-0.15, -0.1) is 12.4 Å². The Bertz CT molecular complexity index is 632. The molecule has 1 aromatic carbocycles. The maximum Gasteiger partial charge on any atom is 0.319 e. The lowest BCUT2D eigenvalue weighted by Crippen LogP contribution is -2.52. The molecule has 1 aromatic rings. The Morgan fingerprint density at radius 2 is 2.00 bits per heavy atom. The van der Waals surface area contributed by atoms with Crippen LogP contribution in [0, 0.1) is 0 Å². The predicted octanol–water partition coefficient (Wildman–Crippen LogP) is 3.12. The van der Waals surface area contributed by atoms with Crippen LogP contribution in [-0.2, 0) is 0 Å². The van der Waals surface area contributed by atoms with Crippen LogP contribution in [0.4, 0.5) is 10.5 Å². The lowest BCUT2D eigenvalue weighted by atomic mass is 10.1. The van der Waals surface area contributed by atoms with Gasteiger partial charge in [-0.1, -0.05) is 11.6 Å². The van der Waals surface area contributed by atoms with Gasteiger partial charge in [-0.2, -0.15) is 0 Å². The van der Waals surface area contributed by atoms with Crippen LogP contribution in [0.25, 0.3) is 0 Å². The highest BCUT2D eigenvalue weighted by Gasteiger charge is 2.26. The van der Waals surface area contributed by atoms with E-state index in [-0.39, 0.29) is 35.9 Å². The van der Waals surface area contributed by atoms with Gasteiger partial charge in [-0.3, -0.25) is 4.79 Å². The first-order valence-corrected chi connectivity index (χ1v) is 8.45. The van der Waals surface area contributed by atoms with E-state index >= 15 is 0 Å². The zero-order valence-electron chi connectivity index (χ0n) is 15.0. The molecule has 8 heteroatoms. The van der Waals surface area contributed by atoms with Gasteiger partial charge in [0.15, 0.2) is 0 Å². The molecular weight excluding hydrogens is 363 g/mol. The number of halogens is 2. The first-order valence-electron chi connectivity index (χ1n) is 8.08. The fraction of sp³-hybridized carbons (Fsp3) is 0.529. The minimum Gasteiger partial charge on any atom is -0.333 e. The van der Waals surface area contributed by atoms with Gasteiger partial charge in [-0.25, -0.2) is 4.79 Å². The number of nitrogens with one attached hydrogen (secondary N) is 3. The highest BCUT2D eigenvalue weighted by atomic mass is 35.5. The number of anilines is 1. The Morgan fingerprint density at radius 3 is 2.60 bits per heavy atom. The largest absolute Gasteiger partial charge is 0.333 e. The molecule has 0 aromatic heterocycles. The molecule has 3 amide bonds. The van der Waals surface area contributed by atoms with E-state index in [1.54, 1.807) is 23.1 Å². The zero-order chi connectivity index (χ0) is 17.9. The van der Waals surface area contributed by atoms with Crippen molar-refractivity contribution >= 4 is 41.6 Å². The Hall–Kier alpha value is -1.50. The lowest BCUT2D eigenvalue weighted by Gasteiger charge is -2.34. The first kappa shape index (κ1) is 21.5. The number of benzene rings is 1. The molecule has 1 fully saturated rings. The van der Waals surface area contributed by atoms with Gasteiger partial charge in [0.1, 0.15) is 0 Å². The van der Waals surface area contributed by atoms with Crippen LogP contribution in [0.15, 0.2) is 18.2 Å². The number of hydrogen-bond donors (Lipinski definition) is 3. The number of amides is 3. The monoisotopic (exact) mass is 388 g/mol. The normalized spacial score (nSPS) is 17.5. The minimum atomic E-state index is -0.342. The number of carbonyl (C=O) groups excluding carboxylic acids is 2. The Labute approximate surface area is 160 Å². The van der Waals surface area contributed by atoms with Gasteiger partial charge in [0.25, 0.3) is 5.91 Å². The second-order valence-electron chi connectivity index (χ2n) is 7.08. The van der Waals surface area contributed by atoms with Crippen LogP contribution in [0.1, 0.15) is 38.1 Å². The number of nitrogens with zero attached hydrogens (tertiary/aromatic N) is 1. The summed E-state index contributed by atoms with van der Waals surface area (Å²) in [6.07, 6.45) is 0. The summed E-state index contributed by atoms with van der Waals surface area (Å²) < 4.78 is 0. The molecule has 0 aliphatic carbocycles. The lowest BCUT2D eigenvalue weighted by molar-refractivity contribution is 0.0656. The van der Waals surface area contributed by atoms with E-state index < -0.39 is 0 Å². The molecule has 3 N–H and O–H groups in total. The predicted molar refractivity (Wildman–Crippen MR) is 104 cm³/mol. The number of carbonyl (C=O) groups is 2. The summed E-state index contributed by atoms with van der Waals surface area (Å²) >= 11 is 6.21. The second-order valence-corrected chi connectivity index (χ2v) is 7.48. The van der Waals surface area contributed by atoms with E-state index in [1.165, 1.54) is 0 Å². The van der Waals surface area contributed by atoms with Crippen molar-refractivity contribution in [2.75, 3.05) is 25.0 Å². The first-order chi connectivity index (χ1) is 11.2. The molecule has 1 saturated heterocycles. The van der Waals surface area contributed by atoms with Crippen molar-refractivity contribution < 1.29 is 9.59 Å². The third kappa shape index (κ3) is 6.06. The molecule has 1 heterocycles. The second kappa shape index (κ2) is 8.74. The summed E-state index contributed by atoms with van der Waals surface area (Å²) in [6, 6.07) is 4.72. The molecule has 0 spiro atoms. The van der Waals surface area contributed by atoms with Gasteiger partial charge in [-0.05, 0) is 45.9 Å². The fourth-order valence-electron chi connectivity index (χ4n) is 2.57. The maximum atomic E-state index is 12.8. The van der Waals surface area contributed by atoms with Crippen molar-refractivity contribution in [1.29, 1.82) is 0 Å². The number of hydrogen-bond acceptors (Lipinski definition) is 3. The maximum absolute atomic E-state index is 12.8. The minimum absolute atomic E-state index is 0. The number of rotatable bonds is 2. The van der Waals surface area contributed by atoms with Crippen LogP contribution in [0.2, 0.25) is 5.02 Å². The summed E-state index contributed by atoms with van der Waals surface area (Å²) in [5.41, 5.74) is 0.594. The van der Waals surface area contributed by atoms with Gasteiger partial charge in [0, 0.05) is 36.9 Å². The van der Waals surface area contributed by atoms with Gasteiger partial charge in [0.2, 0.25) is 0 Å². The molecule has 1 aliphatic heterocycles. The van der Waals surface area contributed by atoms with Crippen molar-refractivity contribution in [3.8, 4) is 0 Å². The highest BCUT2D eigenvalue weighted by Crippen LogP contribution is 2.23. The van der Waals surface area contributed by atoms with Crippen LogP contribution >= 0.6 is 24.0 Å². The molecule has 140 valence electrons. The quantitative estimate of drug-likeness (QED) is 0.728. The van der Waals surface area contributed by atoms with Crippen LogP contribution < -0.4 is 16.0 Å². The van der Waals surface area contributed by atoms with Crippen molar-refractivity contribution in [2.24, 2.45) is 0 Å². The van der Waals surface area contributed by atoms with E-state index in [0.717, 1.165) is 13.1 Å². The Balaban J connectivity index is 0.00000312. The van der Waals surface area contributed by atoms with Gasteiger partial charge in [0.05, 0.1) is 10.6 Å². The smallest absolute Gasteiger partial charge is 0.319 e. The summed E-state index contributed by atoms with van der Waals surface area (Å²) in [5, 5.41) is 9.19. The Kier molecular flexibility index (Phi) is 7.53. The Morgan fingerprint density at radius 1 is 1.32 bits per heavy atom. The van der Waals surface area contributed by atoms with Gasteiger partial charge >= 0.3 is 6.03 Å². The molecule has 2 rings (SSSR count). The molecule has 0 bridgehead atoms. The van der Waals surface area contributed by atoms with Crippen molar-refractivity contribution in [3.63, 3.8) is 0 Å². The average Bonchev–Trinajstić information content (AvgIpc) is 2.47. The molecular formula is C17H26Cl2N4O2. The topological polar surface area (TPSA) is 73.5 Å². The van der Waals surface area contributed by atoms with E-state index in [1.807, 2.05) is 27.7 Å². The van der Waals surface area contributed by atoms with E-state index in [2.05, 4.69) is 16.0 Å². The molecule has 6 nitrogen and oxygen atoms in total. The molecule has 25 heavy (non-hydrogen) atoms. The summed E-state index contributed by atoms with van der Waals surface area (Å²) in [5.74, 6) is -0.117. The average molecular weight is 389 g/mol. The van der Waals surface area contributed by atoms with E-state index in [9.17, 15) is 9.59 Å². The summed E-state index contributed by atoms with van der Waals surface area (Å²) in [6.45, 7) is 9.85. The molecule has 0 radical (unpaired) electrons. The zero-order valence-corrected chi connectivity index (χ0v) is 16.6. The third-order valence-electron chi connectivity index (χ3n) is 3.71. The standard InChI is InChI=1S/C17H25ClN4O2.ClH/c1-11-10-19-7-8-22(11)15(23)13-9-12(5-6-14(13)18)20-16(24)21-17(2,3)4;/h5-6,9,11,19H,7-8,10H2,1-4H3,(H2,20,21,24);1H/t11-;/m1./s1. The number of urea groups is 1. The van der Waals surface area contributed by atoms with E-state index in [0.29, 0.717) is 22.8 Å². The van der Waals surface area contributed by atoms with E-state index in [4.69, 9.17) is 11.6 Å². The fourth-order valence-corrected chi connectivity index (χ4v) is 2.77. The SMILES string of the molecule is C[C@@H]1CNCCN1C(=O)c1cc(NC(=O)NC(C)(C)C)ccc1Cl.Cl. The molecule has 1 atom stereocenters. The van der Waals surface area contributed by atoms with Crippen molar-refractivity contribution in [1.82, 2.24) is 15.5 Å².